The summed E-state index contributed by atoms with van der Waals surface area (Å²) in [5.74, 6) is 0. The maximum atomic E-state index is 15.2. The third-order valence-corrected chi connectivity index (χ3v) is 12.7. The molecule has 0 aliphatic carbocycles. The highest BCUT2D eigenvalue weighted by Gasteiger charge is 2.36. The number of hydrogen-bond donors (Lipinski definition) is 0. The summed E-state index contributed by atoms with van der Waals surface area (Å²) >= 11 is 0. The number of aromatic nitrogens is 2. The lowest BCUT2D eigenvalue weighted by molar-refractivity contribution is -0.137. The Hall–Kier alpha value is -7.87. The molecule has 0 saturated heterocycles. The van der Waals surface area contributed by atoms with E-state index < -0.39 is 11.7 Å². The molecule has 2 aromatic heterocycles. The van der Waals surface area contributed by atoms with Gasteiger partial charge in [0.15, 0.2) is 5.69 Å². The van der Waals surface area contributed by atoms with Crippen LogP contribution >= 0.6 is 0 Å². The minimum absolute atomic E-state index is 0.138. The van der Waals surface area contributed by atoms with Crippen molar-refractivity contribution < 1.29 is 13.2 Å². The van der Waals surface area contributed by atoms with Crippen LogP contribution in [-0.4, -0.2) is 9.13 Å². The van der Waals surface area contributed by atoms with Crippen LogP contribution in [0.2, 0.25) is 0 Å². The summed E-state index contributed by atoms with van der Waals surface area (Å²) in [4.78, 5) is 7.94. The highest BCUT2D eigenvalue weighted by molar-refractivity contribution is 6.14. The van der Waals surface area contributed by atoms with Crippen LogP contribution in [0.4, 0.5) is 24.5 Å². The Bertz CT molecular complexity index is 3650. The first-order chi connectivity index (χ1) is 30.8. The number of halogens is 3. The van der Waals surface area contributed by atoms with Gasteiger partial charge >= 0.3 is 6.18 Å². The topological polar surface area (TPSA) is 18.6 Å². The molecule has 0 aliphatic heterocycles. The van der Waals surface area contributed by atoms with Gasteiger partial charge in [-0.2, -0.15) is 13.2 Å². The second-order valence-corrected chi connectivity index (χ2v) is 17.0. The quantitative estimate of drug-likeness (QED) is 0.154. The van der Waals surface area contributed by atoms with Crippen LogP contribution < -0.4 is 0 Å². The maximum absolute atomic E-state index is 15.2. The zero-order valence-corrected chi connectivity index (χ0v) is 36.2. The number of benzene rings is 8. The fourth-order valence-corrected chi connectivity index (χ4v) is 10.5. The van der Waals surface area contributed by atoms with Crippen molar-refractivity contribution in [1.29, 1.82) is 0 Å². The molecule has 64 heavy (non-hydrogen) atoms. The van der Waals surface area contributed by atoms with Crippen molar-refractivity contribution in [2.24, 2.45) is 0 Å². The number of alkyl halides is 3. The molecule has 8 aromatic carbocycles. The number of fused-ring (bicyclic) bond motifs is 6. The van der Waals surface area contributed by atoms with E-state index in [0.717, 1.165) is 77.5 Å². The average molecular weight is 839 g/mol. The van der Waals surface area contributed by atoms with Gasteiger partial charge in [0.25, 0.3) is 0 Å². The summed E-state index contributed by atoms with van der Waals surface area (Å²) in [5.41, 5.74) is 14.2. The van der Waals surface area contributed by atoms with Gasteiger partial charge in [-0.25, -0.2) is 9.69 Å². The third-order valence-electron chi connectivity index (χ3n) is 12.7. The van der Waals surface area contributed by atoms with Gasteiger partial charge in [0, 0.05) is 27.1 Å². The minimum atomic E-state index is -4.79. The third kappa shape index (κ3) is 6.19. The highest BCUT2D eigenvalue weighted by atomic mass is 19.4. The first-order valence-electron chi connectivity index (χ1n) is 21.1. The fourth-order valence-electron chi connectivity index (χ4n) is 10.5. The molecule has 0 fully saturated rings. The Morgan fingerprint density at radius 3 is 1.44 bits per heavy atom. The van der Waals surface area contributed by atoms with Gasteiger partial charge in [0.2, 0.25) is 5.69 Å². The molecule has 310 valence electrons. The van der Waals surface area contributed by atoms with Crippen LogP contribution in [0.15, 0.2) is 140 Å². The van der Waals surface area contributed by atoms with Gasteiger partial charge in [0.1, 0.15) is 0 Å². The summed E-state index contributed by atoms with van der Waals surface area (Å²) in [5, 5.41) is 3.74. The van der Waals surface area contributed by atoms with Crippen molar-refractivity contribution in [3.8, 4) is 44.8 Å². The SMILES string of the molecule is [C-]#[N+]c1cccc(C(F)(F)F)c1-c1ccc(-n2c3ccccc3c3cc(-c4c(C)cc(C)cc4C)ccc32)c([N+]#[C-])c1-n1c2ccccc2c2cc(-c3c(C)cc(C)cc3C)ccc21. The molecule has 0 spiro atoms. The van der Waals surface area contributed by atoms with Crippen LogP contribution in [0, 0.1) is 54.7 Å². The molecule has 0 aliphatic rings. The normalized spacial score (nSPS) is 11.8. The smallest absolute Gasteiger partial charge is 0.319 e. The number of para-hydroxylation sites is 2. The predicted octanol–water partition coefficient (Wildman–Crippen LogP) is 16.9. The van der Waals surface area contributed by atoms with Gasteiger partial charge in [0.05, 0.1) is 52.1 Å². The van der Waals surface area contributed by atoms with Crippen molar-refractivity contribution in [2.75, 3.05) is 0 Å². The van der Waals surface area contributed by atoms with E-state index in [1.54, 1.807) is 12.1 Å². The molecule has 10 aromatic rings. The number of nitrogens with zero attached hydrogens (tertiary/aromatic N) is 4. The Kier molecular flexibility index (Phi) is 9.36. The van der Waals surface area contributed by atoms with Crippen LogP contribution in [0.5, 0.6) is 0 Å². The molecule has 0 N–H and O–H groups in total. The molecule has 0 amide bonds. The maximum Gasteiger partial charge on any atom is 0.415 e. The molecule has 7 heteroatoms. The first-order valence-corrected chi connectivity index (χ1v) is 21.1. The Morgan fingerprint density at radius 2 is 0.938 bits per heavy atom. The van der Waals surface area contributed by atoms with E-state index >= 15 is 13.2 Å². The second-order valence-electron chi connectivity index (χ2n) is 17.0. The molecule has 0 saturated carbocycles. The van der Waals surface area contributed by atoms with Crippen molar-refractivity contribution in [1.82, 2.24) is 9.13 Å². The van der Waals surface area contributed by atoms with Gasteiger partial charge in [-0.15, -0.1) is 0 Å². The minimum Gasteiger partial charge on any atom is -0.319 e. The molecule has 0 radical (unpaired) electrons. The summed E-state index contributed by atoms with van der Waals surface area (Å²) in [7, 11) is 0. The summed E-state index contributed by atoms with van der Waals surface area (Å²) in [6.07, 6.45) is -4.79. The van der Waals surface area contributed by atoms with Crippen LogP contribution in [0.1, 0.15) is 38.9 Å². The van der Waals surface area contributed by atoms with Crippen molar-refractivity contribution >= 4 is 55.0 Å². The summed E-state index contributed by atoms with van der Waals surface area (Å²) < 4.78 is 49.6. The highest BCUT2D eigenvalue weighted by Crippen LogP contribution is 2.51. The zero-order valence-electron chi connectivity index (χ0n) is 36.2. The second kappa shape index (κ2) is 14.9. The summed E-state index contributed by atoms with van der Waals surface area (Å²) in [6.45, 7) is 29.8. The number of aryl methyl sites for hydroxylation is 6. The van der Waals surface area contributed by atoms with Crippen molar-refractivity contribution in [3.63, 3.8) is 0 Å². The van der Waals surface area contributed by atoms with E-state index in [0.29, 0.717) is 5.69 Å². The predicted molar refractivity (Wildman–Crippen MR) is 257 cm³/mol. The van der Waals surface area contributed by atoms with E-state index in [2.05, 4.69) is 116 Å². The molecular formula is C57H41F3N4. The van der Waals surface area contributed by atoms with Crippen LogP contribution in [0.25, 0.3) is 98.1 Å². The lowest BCUT2D eigenvalue weighted by Gasteiger charge is -2.23. The van der Waals surface area contributed by atoms with Gasteiger partial charge in [-0.05, 0) is 134 Å². The molecule has 4 nitrogen and oxygen atoms in total. The molecule has 0 unspecified atom stereocenters. The van der Waals surface area contributed by atoms with Gasteiger partial charge in [-0.1, -0.05) is 108 Å². The molecular weight excluding hydrogens is 798 g/mol. The summed E-state index contributed by atoms with van der Waals surface area (Å²) in [6, 6.07) is 44.3. The molecule has 0 atom stereocenters. The van der Waals surface area contributed by atoms with E-state index in [4.69, 9.17) is 13.1 Å². The van der Waals surface area contributed by atoms with Gasteiger partial charge < -0.3 is 9.13 Å². The van der Waals surface area contributed by atoms with E-state index in [1.165, 1.54) is 39.9 Å². The Balaban J connectivity index is 1.34. The Labute approximate surface area is 369 Å². The monoisotopic (exact) mass is 838 g/mol. The fraction of sp³-hybridized carbons (Fsp3) is 0.123. The molecule has 2 heterocycles. The van der Waals surface area contributed by atoms with E-state index in [-0.39, 0.29) is 28.2 Å². The standard InChI is InChI=1S/C57H41F3N4/c1-32-26-34(3)52(35(4)27-32)38-20-23-49-43(30-38)40-14-9-11-18-47(40)63(49)51-25-22-42(54-45(57(58,59)60)16-13-17-46(54)61-7)56(55(51)62-8)64-48-19-12-10-15-41(48)44-31-39(21-24-50(44)64)53-36(5)28-33(2)29-37(53)6/h9-31H,1-6H3. The average Bonchev–Trinajstić information content (AvgIpc) is 3.76. The lowest BCUT2D eigenvalue weighted by atomic mass is 9.93. The van der Waals surface area contributed by atoms with E-state index in [1.807, 2.05) is 53.1 Å². The van der Waals surface area contributed by atoms with Crippen LogP contribution in [0.3, 0.4) is 0 Å². The largest absolute Gasteiger partial charge is 0.415 e. The first kappa shape index (κ1) is 40.2. The van der Waals surface area contributed by atoms with Crippen LogP contribution in [-0.2, 0) is 6.18 Å². The lowest BCUT2D eigenvalue weighted by Crippen LogP contribution is -2.09. The number of rotatable bonds is 5. The van der Waals surface area contributed by atoms with Crippen molar-refractivity contribution in [3.05, 3.63) is 201 Å². The van der Waals surface area contributed by atoms with E-state index in [9.17, 15) is 0 Å². The molecule has 10 rings (SSSR count). The number of hydrogen-bond acceptors (Lipinski definition) is 0. The molecule has 0 bridgehead atoms. The van der Waals surface area contributed by atoms with Crippen molar-refractivity contribution in [2.45, 2.75) is 47.7 Å². The Morgan fingerprint density at radius 1 is 0.453 bits per heavy atom. The zero-order chi connectivity index (χ0) is 44.8. The van der Waals surface area contributed by atoms with Gasteiger partial charge in [-0.3, -0.25) is 0 Å².